The highest BCUT2D eigenvalue weighted by molar-refractivity contribution is 6.37. The van der Waals surface area contributed by atoms with Crippen LogP contribution in [0.15, 0.2) is 41.7 Å². The minimum Gasteiger partial charge on any atom is -0.379 e. The lowest BCUT2D eigenvalue weighted by Crippen LogP contribution is -2.39. The van der Waals surface area contributed by atoms with Crippen LogP contribution in [0, 0.1) is 11.8 Å². The van der Waals surface area contributed by atoms with Gasteiger partial charge in [0.2, 0.25) is 0 Å². The average molecular weight is 463 g/mol. The van der Waals surface area contributed by atoms with Crippen LogP contribution in [0.5, 0.6) is 0 Å². The molecule has 0 spiro atoms. The van der Waals surface area contributed by atoms with Gasteiger partial charge in [-0.15, -0.1) is 0 Å². The molecule has 0 bridgehead atoms. The standard InChI is InChI=1S/C22H25F3N6O.CH4/c23-22(24,25)18-4-2-1-3-17(18)14-7-15-11-31(12-16(15)8-14)20(32)19(27)30-21-28-9-13(5-6-26)10-29-21;/h1-4,9-10,14-16H,5-8,11-12,26H2,(H2,27,28,29,30);1H4. The van der Waals surface area contributed by atoms with Crippen LogP contribution in [0.3, 0.4) is 0 Å². The average Bonchev–Trinajstić information content (AvgIpc) is 3.33. The summed E-state index contributed by atoms with van der Waals surface area (Å²) in [6.07, 6.45) is 0.690. The van der Waals surface area contributed by atoms with Crippen molar-refractivity contribution in [2.24, 2.45) is 28.3 Å². The van der Waals surface area contributed by atoms with E-state index in [1.165, 1.54) is 6.07 Å². The molecule has 1 saturated heterocycles. The van der Waals surface area contributed by atoms with E-state index in [1.54, 1.807) is 29.4 Å². The summed E-state index contributed by atoms with van der Waals surface area (Å²) in [6, 6.07) is 5.78. The first-order valence-corrected chi connectivity index (χ1v) is 10.6. The fourth-order valence-electron chi connectivity index (χ4n) is 4.85. The molecule has 2 fully saturated rings. The van der Waals surface area contributed by atoms with Gasteiger partial charge in [0.15, 0.2) is 5.84 Å². The van der Waals surface area contributed by atoms with E-state index in [0.717, 1.165) is 11.6 Å². The summed E-state index contributed by atoms with van der Waals surface area (Å²) >= 11 is 0. The summed E-state index contributed by atoms with van der Waals surface area (Å²) in [5.41, 5.74) is 12.0. The third-order valence-electron chi connectivity index (χ3n) is 6.31. The minimum atomic E-state index is -4.37. The van der Waals surface area contributed by atoms with Gasteiger partial charge in [-0.25, -0.2) is 9.97 Å². The monoisotopic (exact) mass is 462 g/mol. The second kappa shape index (κ2) is 9.86. The Labute approximate surface area is 191 Å². The number of halogens is 3. The number of hydrogen-bond acceptors (Lipinski definition) is 5. The van der Waals surface area contributed by atoms with Gasteiger partial charge < -0.3 is 16.4 Å². The van der Waals surface area contributed by atoms with Crippen molar-refractivity contribution >= 4 is 17.7 Å². The number of nitrogens with zero attached hydrogens (tertiary/aromatic N) is 4. The number of alkyl halides is 3. The number of amides is 1. The Bertz CT molecular complexity index is 994. The van der Waals surface area contributed by atoms with E-state index in [1.807, 2.05) is 0 Å². The van der Waals surface area contributed by atoms with Gasteiger partial charge in [0.05, 0.1) is 5.56 Å². The van der Waals surface area contributed by atoms with E-state index in [2.05, 4.69) is 15.0 Å². The van der Waals surface area contributed by atoms with Gasteiger partial charge in [0.1, 0.15) is 0 Å². The van der Waals surface area contributed by atoms with E-state index < -0.39 is 17.6 Å². The number of benzene rings is 1. The Morgan fingerprint density at radius 1 is 1.12 bits per heavy atom. The first-order valence-electron chi connectivity index (χ1n) is 10.6. The van der Waals surface area contributed by atoms with Gasteiger partial charge in [-0.3, -0.25) is 4.79 Å². The molecule has 1 aromatic carbocycles. The second-order valence-electron chi connectivity index (χ2n) is 8.41. The first-order chi connectivity index (χ1) is 15.3. The van der Waals surface area contributed by atoms with E-state index in [-0.39, 0.29) is 37.0 Å². The smallest absolute Gasteiger partial charge is 0.379 e. The molecule has 2 unspecified atom stereocenters. The normalized spacial score (nSPS) is 22.7. The van der Waals surface area contributed by atoms with Gasteiger partial charge in [0.25, 0.3) is 11.9 Å². The molecular formula is C23H29F3N6O. The van der Waals surface area contributed by atoms with Crippen molar-refractivity contribution in [3.05, 3.63) is 53.3 Å². The van der Waals surface area contributed by atoms with Crippen LogP contribution in [-0.4, -0.2) is 46.2 Å². The van der Waals surface area contributed by atoms with Crippen LogP contribution < -0.4 is 11.5 Å². The number of aliphatic imine (C=N–C) groups is 1. The Morgan fingerprint density at radius 2 is 1.73 bits per heavy atom. The molecule has 2 atom stereocenters. The van der Waals surface area contributed by atoms with E-state index in [9.17, 15) is 18.0 Å². The second-order valence-corrected chi connectivity index (χ2v) is 8.41. The maximum atomic E-state index is 13.4. The molecule has 178 valence electrons. The Kier molecular flexibility index (Phi) is 7.36. The minimum absolute atomic E-state index is 0. The first kappa shape index (κ1) is 24.6. The van der Waals surface area contributed by atoms with Crippen molar-refractivity contribution in [2.75, 3.05) is 19.6 Å². The molecule has 1 aliphatic heterocycles. The largest absolute Gasteiger partial charge is 0.416 e. The Morgan fingerprint density at radius 3 is 2.30 bits per heavy atom. The number of nitrogens with two attached hydrogens (primary N) is 2. The quantitative estimate of drug-likeness (QED) is 0.535. The summed E-state index contributed by atoms with van der Waals surface area (Å²) in [5.74, 6) is -0.377. The third-order valence-corrected chi connectivity index (χ3v) is 6.31. The molecule has 33 heavy (non-hydrogen) atoms. The summed E-state index contributed by atoms with van der Waals surface area (Å²) in [7, 11) is 0. The van der Waals surface area contributed by atoms with E-state index in [4.69, 9.17) is 11.5 Å². The van der Waals surface area contributed by atoms with Crippen molar-refractivity contribution in [1.29, 1.82) is 0 Å². The van der Waals surface area contributed by atoms with Crippen LogP contribution >= 0.6 is 0 Å². The van der Waals surface area contributed by atoms with Crippen molar-refractivity contribution in [2.45, 2.75) is 38.8 Å². The molecule has 10 heteroatoms. The predicted molar refractivity (Wildman–Crippen MR) is 120 cm³/mol. The highest BCUT2D eigenvalue weighted by atomic mass is 19.4. The molecule has 2 heterocycles. The molecule has 7 nitrogen and oxygen atoms in total. The maximum absolute atomic E-state index is 13.4. The number of carbonyl (C=O) groups excluding carboxylic acids is 1. The van der Waals surface area contributed by atoms with Gasteiger partial charge in [-0.1, -0.05) is 25.6 Å². The molecular weight excluding hydrogens is 433 g/mol. The van der Waals surface area contributed by atoms with Crippen molar-refractivity contribution in [1.82, 2.24) is 14.9 Å². The van der Waals surface area contributed by atoms with Crippen LogP contribution in [0.1, 0.15) is 42.9 Å². The number of rotatable bonds is 4. The Balaban J connectivity index is 0.00000306. The molecule has 4 N–H and O–H groups in total. The zero-order valence-corrected chi connectivity index (χ0v) is 17.4. The zero-order valence-electron chi connectivity index (χ0n) is 17.4. The number of aromatic nitrogens is 2. The highest BCUT2D eigenvalue weighted by Gasteiger charge is 2.45. The van der Waals surface area contributed by atoms with Crippen molar-refractivity contribution in [3.63, 3.8) is 0 Å². The number of hydrogen-bond donors (Lipinski definition) is 2. The molecule has 1 aromatic heterocycles. The number of fused-ring (bicyclic) bond motifs is 1. The molecule has 1 amide bonds. The van der Waals surface area contributed by atoms with Crippen molar-refractivity contribution in [3.8, 4) is 0 Å². The zero-order chi connectivity index (χ0) is 22.9. The van der Waals surface area contributed by atoms with Crippen LogP contribution in [0.25, 0.3) is 0 Å². The summed E-state index contributed by atoms with van der Waals surface area (Å²) in [4.78, 5) is 26.5. The molecule has 2 aromatic rings. The fourth-order valence-corrected chi connectivity index (χ4v) is 4.85. The summed E-state index contributed by atoms with van der Waals surface area (Å²) in [6.45, 7) is 1.40. The summed E-state index contributed by atoms with van der Waals surface area (Å²) in [5, 5.41) is 0. The number of carbonyl (C=O) groups is 1. The summed E-state index contributed by atoms with van der Waals surface area (Å²) < 4.78 is 40.2. The van der Waals surface area contributed by atoms with Gasteiger partial charge in [-0.05, 0) is 60.8 Å². The molecule has 0 radical (unpaired) electrons. The molecule has 4 rings (SSSR count). The fraction of sp³-hybridized carbons (Fsp3) is 0.478. The Hall–Kier alpha value is -3.01. The highest BCUT2D eigenvalue weighted by Crippen LogP contribution is 2.48. The van der Waals surface area contributed by atoms with Crippen LogP contribution in [0.2, 0.25) is 0 Å². The van der Waals surface area contributed by atoms with Crippen molar-refractivity contribution < 1.29 is 18.0 Å². The lowest BCUT2D eigenvalue weighted by molar-refractivity contribution is -0.138. The van der Waals surface area contributed by atoms with E-state index >= 15 is 0 Å². The third kappa shape index (κ3) is 5.32. The van der Waals surface area contributed by atoms with Crippen LogP contribution in [0.4, 0.5) is 19.1 Å². The lowest BCUT2D eigenvalue weighted by atomic mass is 9.91. The van der Waals surface area contributed by atoms with Gasteiger partial charge in [-0.2, -0.15) is 18.2 Å². The number of amidine groups is 1. The van der Waals surface area contributed by atoms with Crippen LogP contribution in [-0.2, 0) is 17.4 Å². The lowest BCUT2D eigenvalue weighted by Gasteiger charge is -2.21. The molecule has 1 aliphatic carbocycles. The maximum Gasteiger partial charge on any atom is 0.416 e. The van der Waals surface area contributed by atoms with Gasteiger partial charge >= 0.3 is 6.18 Å². The predicted octanol–water partition coefficient (Wildman–Crippen LogP) is 3.27. The topological polar surface area (TPSA) is 110 Å². The molecule has 1 saturated carbocycles. The molecule has 2 aliphatic rings. The van der Waals surface area contributed by atoms with Gasteiger partial charge in [0, 0.05) is 25.5 Å². The number of likely N-dealkylation sites (tertiary alicyclic amines) is 1. The van der Waals surface area contributed by atoms with E-state index in [0.29, 0.717) is 44.5 Å². The SMILES string of the molecule is C.NCCc1cnc(/N=C(\N)C(=O)N2CC3CC(c4ccccc4C(F)(F)F)CC3C2)nc1.